The first-order valence-corrected chi connectivity index (χ1v) is 7.35. The average Bonchev–Trinajstić information content (AvgIpc) is 2.92. The summed E-state index contributed by atoms with van der Waals surface area (Å²) < 4.78 is 19.0. The molecule has 1 atom stereocenters. The van der Waals surface area contributed by atoms with Crippen LogP contribution in [-0.2, 0) is 11.2 Å². The van der Waals surface area contributed by atoms with Crippen molar-refractivity contribution in [2.75, 3.05) is 27.7 Å². The molecule has 0 aliphatic rings. The minimum absolute atomic E-state index is 0.180. The molecule has 1 heterocycles. The van der Waals surface area contributed by atoms with E-state index in [-0.39, 0.29) is 11.7 Å². The van der Waals surface area contributed by atoms with Crippen molar-refractivity contribution in [1.82, 2.24) is 19.9 Å². The summed E-state index contributed by atoms with van der Waals surface area (Å²) in [7, 11) is 5.20. The molecule has 0 spiro atoms. The molecule has 0 saturated heterocycles. The van der Waals surface area contributed by atoms with Crippen molar-refractivity contribution in [2.24, 2.45) is 0 Å². The highest BCUT2D eigenvalue weighted by atomic mass is 19.1. The van der Waals surface area contributed by atoms with Crippen molar-refractivity contribution in [3.05, 3.63) is 47.4 Å². The number of hydrogen-bond donors (Lipinski definition) is 0. The second-order valence-corrected chi connectivity index (χ2v) is 5.63. The van der Waals surface area contributed by atoms with E-state index in [0.717, 1.165) is 0 Å². The maximum atomic E-state index is 14.0. The SMILES string of the molecule is Cc1nc(CCN(C)C(=O)[C@H](c2ccccc2F)N(C)C)no1. The topological polar surface area (TPSA) is 62.5 Å². The number of amides is 1. The Morgan fingerprint density at radius 3 is 2.57 bits per heavy atom. The minimum atomic E-state index is -0.673. The second-order valence-electron chi connectivity index (χ2n) is 5.63. The summed E-state index contributed by atoms with van der Waals surface area (Å²) >= 11 is 0. The third-order valence-electron chi connectivity index (χ3n) is 3.57. The van der Waals surface area contributed by atoms with Crippen molar-refractivity contribution in [3.63, 3.8) is 0 Å². The van der Waals surface area contributed by atoms with Gasteiger partial charge < -0.3 is 9.42 Å². The molecule has 1 amide bonds. The molecule has 0 N–H and O–H groups in total. The largest absolute Gasteiger partial charge is 0.344 e. The molecule has 0 aliphatic carbocycles. The van der Waals surface area contributed by atoms with E-state index >= 15 is 0 Å². The minimum Gasteiger partial charge on any atom is -0.344 e. The lowest BCUT2D eigenvalue weighted by atomic mass is 10.0. The van der Waals surface area contributed by atoms with Gasteiger partial charge in [-0.2, -0.15) is 4.98 Å². The van der Waals surface area contributed by atoms with Crippen molar-refractivity contribution >= 4 is 5.91 Å². The smallest absolute Gasteiger partial charge is 0.244 e. The molecular weight excluding hydrogens is 299 g/mol. The Kier molecular flexibility index (Phi) is 5.44. The normalized spacial score (nSPS) is 12.4. The maximum Gasteiger partial charge on any atom is 0.244 e. The summed E-state index contributed by atoms with van der Waals surface area (Å²) in [6.07, 6.45) is 0.483. The summed E-state index contributed by atoms with van der Waals surface area (Å²) in [4.78, 5) is 20.1. The van der Waals surface area contributed by atoms with E-state index in [2.05, 4.69) is 10.1 Å². The van der Waals surface area contributed by atoms with Crippen molar-refractivity contribution < 1.29 is 13.7 Å². The summed E-state index contributed by atoms with van der Waals surface area (Å²) in [5.41, 5.74) is 0.366. The summed E-state index contributed by atoms with van der Waals surface area (Å²) in [5.74, 6) is 0.475. The number of rotatable bonds is 6. The molecule has 124 valence electrons. The lowest BCUT2D eigenvalue weighted by molar-refractivity contribution is -0.135. The van der Waals surface area contributed by atoms with Gasteiger partial charge in [0.05, 0.1) is 0 Å². The fraction of sp³-hybridized carbons (Fsp3) is 0.438. The number of halogens is 1. The predicted octanol–water partition coefficient (Wildman–Crippen LogP) is 1.82. The highest BCUT2D eigenvalue weighted by molar-refractivity contribution is 5.83. The van der Waals surface area contributed by atoms with Crippen LogP contribution in [0.4, 0.5) is 4.39 Å². The van der Waals surface area contributed by atoms with Crippen LogP contribution in [-0.4, -0.2) is 53.5 Å². The third kappa shape index (κ3) is 4.13. The van der Waals surface area contributed by atoms with E-state index < -0.39 is 6.04 Å². The van der Waals surface area contributed by atoms with Crippen LogP contribution in [0.15, 0.2) is 28.8 Å². The highest BCUT2D eigenvalue weighted by Crippen LogP contribution is 2.23. The number of likely N-dealkylation sites (N-methyl/N-ethyl adjacent to an activating group) is 2. The summed E-state index contributed by atoms with van der Waals surface area (Å²) in [5, 5.41) is 3.80. The second kappa shape index (κ2) is 7.32. The van der Waals surface area contributed by atoms with Gasteiger partial charge in [-0.05, 0) is 20.2 Å². The molecule has 23 heavy (non-hydrogen) atoms. The van der Waals surface area contributed by atoms with Crippen LogP contribution in [0.25, 0.3) is 0 Å². The van der Waals surface area contributed by atoms with Crippen LogP contribution in [0.5, 0.6) is 0 Å². The van der Waals surface area contributed by atoms with Crippen LogP contribution in [0.1, 0.15) is 23.3 Å². The zero-order chi connectivity index (χ0) is 17.0. The number of carbonyl (C=O) groups is 1. The first kappa shape index (κ1) is 17.1. The Morgan fingerprint density at radius 1 is 1.30 bits per heavy atom. The third-order valence-corrected chi connectivity index (χ3v) is 3.57. The molecule has 1 aromatic carbocycles. The van der Waals surface area contributed by atoms with Crippen LogP contribution >= 0.6 is 0 Å². The van der Waals surface area contributed by atoms with Gasteiger partial charge in [0.1, 0.15) is 11.9 Å². The lowest BCUT2D eigenvalue weighted by Gasteiger charge is -2.28. The van der Waals surface area contributed by atoms with E-state index in [1.165, 1.54) is 6.07 Å². The van der Waals surface area contributed by atoms with Crippen molar-refractivity contribution in [2.45, 2.75) is 19.4 Å². The van der Waals surface area contributed by atoms with Crippen LogP contribution in [0.3, 0.4) is 0 Å². The molecule has 0 unspecified atom stereocenters. The molecule has 0 saturated carbocycles. The molecular formula is C16H21FN4O2. The Bertz CT molecular complexity index is 672. The molecule has 0 radical (unpaired) electrons. The van der Waals surface area contributed by atoms with Gasteiger partial charge in [0.2, 0.25) is 11.8 Å². The summed E-state index contributed by atoms with van der Waals surface area (Å²) in [6, 6.07) is 5.66. The van der Waals surface area contributed by atoms with Gasteiger partial charge in [0, 0.05) is 32.5 Å². The fourth-order valence-electron chi connectivity index (χ4n) is 2.36. The number of aromatic nitrogens is 2. The quantitative estimate of drug-likeness (QED) is 0.812. The number of carbonyl (C=O) groups excluding carboxylic acids is 1. The Morgan fingerprint density at radius 2 is 2.00 bits per heavy atom. The van der Waals surface area contributed by atoms with Gasteiger partial charge in [-0.25, -0.2) is 4.39 Å². The predicted molar refractivity (Wildman–Crippen MR) is 83.2 cm³/mol. The lowest BCUT2D eigenvalue weighted by Crippen LogP contribution is -2.39. The Balaban J connectivity index is 2.10. The number of aryl methyl sites for hydroxylation is 1. The zero-order valence-electron chi connectivity index (χ0n) is 13.8. The van der Waals surface area contributed by atoms with Crippen LogP contribution in [0.2, 0.25) is 0 Å². The van der Waals surface area contributed by atoms with E-state index in [0.29, 0.717) is 30.2 Å². The highest BCUT2D eigenvalue weighted by Gasteiger charge is 2.28. The van der Waals surface area contributed by atoms with E-state index in [9.17, 15) is 9.18 Å². The molecule has 0 bridgehead atoms. The zero-order valence-corrected chi connectivity index (χ0v) is 13.8. The number of nitrogens with zero attached hydrogens (tertiary/aromatic N) is 4. The van der Waals surface area contributed by atoms with E-state index in [1.54, 1.807) is 56.1 Å². The van der Waals surface area contributed by atoms with Gasteiger partial charge in [0.15, 0.2) is 5.82 Å². The van der Waals surface area contributed by atoms with Crippen molar-refractivity contribution in [3.8, 4) is 0 Å². The Hall–Kier alpha value is -2.28. The standard InChI is InChI=1S/C16H21FN4O2/c1-11-18-14(19-23-11)9-10-21(4)16(22)15(20(2)3)12-7-5-6-8-13(12)17/h5-8,15H,9-10H2,1-4H3/t15-/m0/s1. The van der Waals surface area contributed by atoms with Crippen LogP contribution < -0.4 is 0 Å². The van der Waals surface area contributed by atoms with Gasteiger partial charge in [-0.3, -0.25) is 9.69 Å². The molecule has 6 nitrogen and oxygen atoms in total. The first-order chi connectivity index (χ1) is 10.9. The first-order valence-electron chi connectivity index (χ1n) is 7.35. The maximum absolute atomic E-state index is 14.0. The van der Waals surface area contributed by atoms with Gasteiger partial charge >= 0.3 is 0 Å². The van der Waals surface area contributed by atoms with E-state index in [1.807, 2.05) is 0 Å². The monoisotopic (exact) mass is 320 g/mol. The van der Waals surface area contributed by atoms with Gasteiger partial charge in [0.25, 0.3) is 0 Å². The summed E-state index contributed by atoms with van der Waals surface area (Å²) in [6.45, 7) is 2.14. The van der Waals surface area contributed by atoms with Gasteiger partial charge in [-0.1, -0.05) is 23.4 Å². The molecule has 0 aliphatic heterocycles. The van der Waals surface area contributed by atoms with Crippen LogP contribution in [0, 0.1) is 12.7 Å². The average molecular weight is 320 g/mol. The molecule has 2 rings (SSSR count). The molecule has 7 heteroatoms. The molecule has 1 aromatic heterocycles. The number of hydrogen-bond acceptors (Lipinski definition) is 5. The Labute approximate surface area is 134 Å². The fourth-order valence-corrected chi connectivity index (χ4v) is 2.36. The molecule has 2 aromatic rings. The van der Waals surface area contributed by atoms with Crippen molar-refractivity contribution in [1.29, 1.82) is 0 Å². The van der Waals surface area contributed by atoms with E-state index in [4.69, 9.17) is 4.52 Å². The van der Waals surface area contributed by atoms with Gasteiger partial charge in [-0.15, -0.1) is 0 Å². The molecule has 0 fully saturated rings. The number of benzene rings is 1.